The van der Waals surface area contributed by atoms with E-state index in [2.05, 4.69) is 19.7 Å². The van der Waals surface area contributed by atoms with E-state index in [1.165, 1.54) is 0 Å². The van der Waals surface area contributed by atoms with Gasteiger partial charge in [-0.1, -0.05) is 12.1 Å². The van der Waals surface area contributed by atoms with Crippen molar-refractivity contribution in [1.82, 2.24) is 19.7 Å². The van der Waals surface area contributed by atoms with Crippen molar-refractivity contribution in [3.8, 4) is 22.6 Å². The first kappa shape index (κ1) is 17.8. The number of oxazole rings is 1. The molecule has 1 aliphatic rings. The van der Waals surface area contributed by atoms with Crippen LogP contribution in [0.2, 0.25) is 0 Å². The highest BCUT2D eigenvalue weighted by molar-refractivity contribution is 7.89. The minimum absolute atomic E-state index is 0.0428. The van der Waals surface area contributed by atoms with Gasteiger partial charge in [0, 0.05) is 24.0 Å². The summed E-state index contributed by atoms with van der Waals surface area (Å²) in [6.45, 7) is 0. The number of anilines is 1. The third kappa shape index (κ3) is 3.45. The highest BCUT2D eigenvalue weighted by Crippen LogP contribution is 2.32. The maximum atomic E-state index is 12.5. The molecule has 1 fully saturated rings. The Balaban J connectivity index is 1.55. The Labute approximate surface area is 166 Å². The fourth-order valence-corrected chi connectivity index (χ4v) is 4.37. The summed E-state index contributed by atoms with van der Waals surface area (Å²) in [5.41, 5.74) is 8.99. The number of hydrogen-bond donors (Lipinski definition) is 2. The zero-order valence-electron chi connectivity index (χ0n) is 15.2. The fourth-order valence-electron chi connectivity index (χ4n) is 3.02. The molecule has 9 heteroatoms. The third-order valence-corrected chi connectivity index (χ3v) is 6.21. The molecule has 0 aliphatic heterocycles. The molecule has 3 heterocycles. The molecule has 8 nitrogen and oxygen atoms in total. The van der Waals surface area contributed by atoms with E-state index < -0.39 is 10.0 Å². The number of benzene rings is 1. The fraction of sp³-hybridized carbons (Fsp3) is 0.150. The van der Waals surface area contributed by atoms with Crippen molar-refractivity contribution in [1.29, 1.82) is 0 Å². The summed E-state index contributed by atoms with van der Waals surface area (Å²) < 4.78 is 33.5. The lowest BCUT2D eigenvalue weighted by molar-refractivity contribution is 0.581. The van der Waals surface area contributed by atoms with Crippen LogP contribution >= 0.6 is 0 Å². The number of aromatic nitrogens is 3. The molecule has 0 bridgehead atoms. The molecule has 0 amide bonds. The zero-order valence-corrected chi connectivity index (χ0v) is 16.1. The predicted molar refractivity (Wildman–Crippen MR) is 108 cm³/mol. The number of nitrogens with zero attached hydrogens (tertiary/aromatic N) is 3. The average Bonchev–Trinajstić information content (AvgIpc) is 3.42. The van der Waals surface area contributed by atoms with Crippen molar-refractivity contribution in [2.75, 3.05) is 5.73 Å². The summed E-state index contributed by atoms with van der Waals surface area (Å²) in [7, 11) is -3.55. The third-order valence-electron chi connectivity index (χ3n) is 4.69. The van der Waals surface area contributed by atoms with Crippen LogP contribution in [-0.2, 0) is 10.0 Å². The second kappa shape index (κ2) is 6.64. The molecule has 3 N–H and O–H groups in total. The van der Waals surface area contributed by atoms with E-state index in [4.69, 9.17) is 10.2 Å². The lowest BCUT2D eigenvalue weighted by Gasteiger charge is -2.09. The largest absolute Gasteiger partial charge is 0.434 e. The molecule has 0 radical (unpaired) electrons. The normalized spacial score (nSPS) is 14.3. The number of hydrogen-bond acceptors (Lipinski definition) is 7. The van der Waals surface area contributed by atoms with Crippen molar-refractivity contribution in [3.63, 3.8) is 0 Å². The van der Waals surface area contributed by atoms with Crippen molar-refractivity contribution in [3.05, 3.63) is 54.9 Å². The molecule has 4 aromatic rings. The molecule has 0 atom stereocenters. The molecule has 29 heavy (non-hydrogen) atoms. The van der Waals surface area contributed by atoms with Gasteiger partial charge in [0.1, 0.15) is 5.82 Å². The van der Waals surface area contributed by atoms with Gasteiger partial charge in [0.15, 0.2) is 11.2 Å². The van der Waals surface area contributed by atoms with Gasteiger partial charge in [0.25, 0.3) is 0 Å². The van der Waals surface area contributed by atoms with Gasteiger partial charge in [0.05, 0.1) is 10.5 Å². The second-order valence-electron chi connectivity index (χ2n) is 6.92. The van der Waals surface area contributed by atoms with E-state index in [0.717, 1.165) is 12.8 Å². The summed E-state index contributed by atoms with van der Waals surface area (Å²) in [5, 5.41) is 0. The van der Waals surface area contributed by atoms with E-state index in [1.54, 1.807) is 48.8 Å². The molecular formula is C20H17N5O3S. The van der Waals surface area contributed by atoms with Gasteiger partial charge in [-0.3, -0.25) is 0 Å². The molecule has 0 saturated heterocycles. The quantitative estimate of drug-likeness (QED) is 0.521. The summed E-state index contributed by atoms with van der Waals surface area (Å²) in [5.74, 6) is 0.573. The molecule has 0 spiro atoms. The number of nitrogen functional groups attached to an aromatic ring is 1. The zero-order chi connectivity index (χ0) is 20.0. The number of sulfonamides is 1. The number of rotatable bonds is 5. The van der Waals surface area contributed by atoms with Gasteiger partial charge >= 0.3 is 0 Å². The maximum Gasteiger partial charge on any atom is 0.240 e. The van der Waals surface area contributed by atoms with Crippen LogP contribution in [0.3, 0.4) is 0 Å². The molecule has 5 rings (SSSR count). The smallest absolute Gasteiger partial charge is 0.240 e. The van der Waals surface area contributed by atoms with Crippen molar-refractivity contribution >= 4 is 27.1 Å². The van der Waals surface area contributed by atoms with Gasteiger partial charge in [-0.25, -0.2) is 23.1 Å². The Kier molecular flexibility index (Phi) is 4.07. The van der Waals surface area contributed by atoms with E-state index in [-0.39, 0.29) is 16.8 Å². The molecule has 146 valence electrons. The monoisotopic (exact) mass is 407 g/mol. The van der Waals surface area contributed by atoms with Crippen LogP contribution in [0.15, 0.2) is 64.2 Å². The Morgan fingerprint density at radius 3 is 2.72 bits per heavy atom. The highest BCUT2D eigenvalue weighted by atomic mass is 32.2. The minimum Gasteiger partial charge on any atom is -0.434 e. The van der Waals surface area contributed by atoms with Gasteiger partial charge in [0.2, 0.25) is 15.9 Å². The summed E-state index contributed by atoms with van der Waals surface area (Å²) in [6.07, 6.45) is 4.99. The van der Waals surface area contributed by atoms with Crippen LogP contribution in [0.25, 0.3) is 33.8 Å². The Bertz CT molecular complexity index is 1300. The predicted octanol–water partition coefficient (Wildman–Crippen LogP) is 2.97. The molecule has 1 aliphatic carbocycles. The Morgan fingerprint density at radius 2 is 1.93 bits per heavy atom. The average molecular weight is 407 g/mol. The van der Waals surface area contributed by atoms with E-state index in [9.17, 15) is 8.42 Å². The molecular weight excluding hydrogens is 390 g/mol. The number of nitrogens with two attached hydrogens (primary N) is 1. The van der Waals surface area contributed by atoms with Crippen LogP contribution in [-0.4, -0.2) is 29.4 Å². The van der Waals surface area contributed by atoms with Crippen LogP contribution in [0.1, 0.15) is 12.8 Å². The van der Waals surface area contributed by atoms with Crippen LogP contribution in [0.5, 0.6) is 0 Å². The maximum absolute atomic E-state index is 12.5. The van der Waals surface area contributed by atoms with Gasteiger partial charge in [-0.2, -0.15) is 4.98 Å². The number of fused-ring (bicyclic) bond motifs is 1. The van der Waals surface area contributed by atoms with Crippen molar-refractivity contribution < 1.29 is 12.8 Å². The minimum atomic E-state index is -3.55. The topological polar surface area (TPSA) is 124 Å². The first-order chi connectivity index (χ1) is 14.0. The van der Waals surface area contributed by atoms with Crippen molar-refractivity contribution in [2.45, 2.75) is 23.8 Å². The highest BCUT2D eigenvalue weighted by Gasteiger charge is 2.28. The molecule has 3 aromatic heterocycles. The Morgan fingerprint density at radius 1 is 1.07 bits per heavy atom. The van der Waals surface area contributed by atoms with Gasteiger partial charge in [-0.05, 0) is 48.7 Å². The van der Waals surface area contributed by atoms with Gasteiger partial charge < -0.3 is 10.2 Å². The second-order valence-corrected chi connectivity index (χ2v) is 8.64. The lowest BCUT2D eigenvalue weighted by Crippen LogP contribution is -2.25. The Hall–Kier alpha value is -3.30. The molecule has 1 saturated carbocycles. The van der Waals surface area contributed by atoms with Crippen LogP contribution < -0.4 is 10.5 Å². The summed E-state index contributed by atoms with van der Waals surface area (Å²) in [6, 6.07) is 12.1. The summed E-state index contributed by atoms with van der Waals surface area (Å²) >= 11 is 0. The van der Waals surface area contributed by atoms with Crippen LogP contribution in [0.4, 0.5) is 5.82 Å². The van der Waals surface area contributed by atoms with Crippen molar-refractivity contribution in [2.24, 2.45) is 0 Å². The van der Waals surface area contributed by atoms with Crippen LogP contribution in [0, 0.1) is 0 Å². The first-order valence-electron chi connectivity index (χ1n) is 9.10. The molecule has 1 aromatic carbocycles. The van der Waals surface area contributed by atoms with E-state index in [1.807, 2.05) is 6.07 Å². The number of nitrogens with one attached hydrogen (secondary N) is 1. The standard InChI is InChI=1S/C20H17N5O3S/c21-18-16(20-24-19-17(28-20)5-2-8-22-19)10-13(11-23-18)12-3-1-4-15(9-12)29(26,27)25-14-6-7-14/h1-5,8-11,14,25H,6-7H2,(H2,21,23). The SMILES string of the molecule is Nc1ncc(-c2cccc(S(=O)(=O)NC3CC3)c2)cc1-c1nc2ncccc2o1. The van der Waals surface area contributed by atoms with Gasteiger partial charge in [-0.15, -0.1) is 0 Å². The molecule has 0 unspecified atom stereocenters. The number of pyridine rings is 2. The lowest BCUT2D eigenvalue weighted by atomic mass is 10.1. The van der Waals surface area contributed by atoms with E-state index >= 15 is 0 Å². The van der Waals surface area contributed by atoms with E-state index in [0.29, 0.717) is 33.8 Å². The first-order valence-corrected chi connectivity index (χ1v) is 10.6. The summed E-state index contributed by atoms with van der Waals surface area (Å²) in [4.78, 5) is 13.0.